The Morgan fingerprint density at radius 3 is 3.04 bits per heavy atom. The molecule has 0 bridgehead atoms. The highest BCUT2D eigenvalue weighted by Gasteiger charge is 2.25. The predicted molar refractivity (Wildman–Crippen MR) is 87.3 cm³/mol. The SMILES string of the molecule is O=C(c1ccc(CSc2ncccn2)o1)N1CCc2nc[nH]c2C1. The fourth-order valence-electron chi connectivity index (χ4n) is 2.61. The van der Waals surface area contributed by atoms with E-state index in [1.54, 1.807) is 35.8 Å². The number of carbonyl (C=O) groups is 1. The highest BCUT2D eigenvalue weighted by Crippen LogP contribution is 2.22. The fourth-order valence-corrected chi connectivity index (χ4v) is 3.30. The summed E-state index contributed by atoms with van der Waals surface area (Å²) in [7, 11) is 0. The maximum absolute atomic E-state index is 12.6. The molecule has 1 aliphatic heterocycles. The van der Waals surface area contributed by atoms with Gasteiger partial charge < -0.3 is 14.3 Å². The molecule has 0 unspecified atom stereocenters. The van der Waals surface area contributed by atoms with E-state index < -0.39 is 0 Å². The zero-order valence-corrected chi connectivity index (χ0v) is 13.6. The summed E-state index contributed by atoms with van der Waals surface area (Å²) in [6, 6.07) is 5.33. The van der Waals surface area contributed by atoms with Crippen LogP contribution in [0.1, 0.15) is 27.7 Å². The number of carbonyl (C=O) groups excluding carboxylic acids is 1. The lowest BCUT2D eigenvalue weighted by molar-refractivity contribution is 0.0698. The van der Waals surface area contributed by atoms with Crippen LogP contribution in [0.15, 0.2) is 46.5 Å². The van der Waals surface area contributed by atoms with E-state index >= 15 is 0 Å². The highest BCUT2D eigenvalue weighted by molar-refractivity contribution is 7.98. The number of aromatic nitrogens is 4. The maximum Gasteiger partial charge on any atom is 0.289 e. The minimum Gasteiger partial charge on any atom is -0.455 e. The van der Waals surface area contributed by atoms with Crippen molar-refractivity contribution in [2.45, 2.75) is 23.9 Å². The lowest BCUT2D eigenvalue weighted by Crippen LogP contribution is -2.35. The van der Waals surface area contributed by atoms with Gasteiger partial charge in [-0.2, -0.15) is 0 Å². The van der Waals surface area contributed by atoms with Crippen molar-refractivity contribution < 1.29 is 9.21 Å². The third-order valence-electron chi connectivity index (χ3n) is 3.82. The van der Waals surface area contributed by atoms with Gasteiger partial charge in [-0.3, -0.25) is 4.79 Å². The molecule has 0 radical (unpaired) electrons. The molecule has 1 amide bonds. The van der Waals surface area contributed by atoms with E-state index in [1.165, 1.54) is 11.8 Å². The van der Waals surface area contributed by atoms with Crippen LogP contribution in [0.2, 0.25) is 0 Å². The van der Waals surface area contributed by atoms with E-state index in [2.05, 4.69) is 19.9 Å². The first-order chi connectivity index (χ1) is 11.8. The molecule has 0 saturated carbocycles. The predicted octanol–water partition coefficient (Wildman–Crippen LogP) is 2.28. The number of hydrogen-bond donors (Lipinski definition) is 1. The summed E-state index contributed by atoms with van der Waals surface area (Å²) in [5.41, 5.74) is 2.04. The van der Waals surface area contributed by atoms with Crippen LogP contribution in [-0.2, 0) is 18.7 Å². The van der Waals surface area contributed by atoms with Gasteiger partial charge in [-0.1, -0.05) is 11.8 Å². The Balaban J connectivity index is 1.40. The molecule has 0 aliphatic carbocycles. The Labute approximate surface area is 142 Å². The lowest BCUT2D eigenvalue weighted by Gasteiger charge is -2.25. The van der Waals surface area contributed by atoms with Crippen LogP contribution in [0.4, 0.5) is 0 Å². The summed E-state index contributed by atoms with van der Waals surface area (Å²) in [5, 5.41) is 0.685. The molecule has 3 aromatic rings. The van der Waals surface area contributed by atoms with Crippen molar-refractivity contribution in [1.29, 1.82) is 0 Å². The number of aromatic amines is 1. The second-order valence-electron chi connectivity index (χ2n) is 5.39. The summed E-state index contributed by atoms with van der Waals surface area (Å²) < 4.78 is 5.70. The summed E-state index contributed by atoms with van der Waals surface area (Å²) in [6.45, 7) is 1.19. The number of thioether (sulfide) groups is 1. The highest BCUT2D eigenvalue weighted by atomic mass is 32.2. The van der Waals surface area contributed by atoms with E-state index in [0.29, 0.717) is 29.8 Å². The molecule has 122 valence electrons. The minimum atomic E-state index is -0.0949. The van der Waals surface area contributed by atoms with Crippen molar-refractivity contribution >= 4 is 17.7 Å². The third kappa shape index (κ3) is 3.05. The Hall–Kier alpha value is -2.61. The third-order valence-corrected chi connectivity index (χ3v) is 4.72. The molecule has 0 aromatic carbocycles. The molecular weight excluding hydrogens is 326 g/mol. The van der Waals surface area contributed by atoms with Crippen LogP contribution in [0, 0.1) is 0 Å². The van der Waals surface area contributed by atoms with Gasteiger partial charge in [0.1, 0.15) is 5.76 Å². The molecule has 1 N–H and O–H groups in total. The average Bonchev–Trinajstić information content (AvgIpc) is 3.29. The molecule has 8 heteroatoms. The van der Waals surface area contributed by atoms with E-state index in [0.717, 1.165) is 23.6 Å². The molecule has 4 rings (SSSR count). The van der Waals surface area contributed by atoms with Crippen molar-refractivity contribution in [3.05, 3.63) is 59.8 Å². The van der Waals surface area contributed by atoms with Gasteiger partial charge in [0.05, 0.1) is 30.0 Å². The van der Waals surface area contributed by atoms with Gasteiger partial charge in [-0.25, -0.2) is 15.0 Å². The summed E-state index contributed by atoms with van der Waals surface area (Å²) >= 11 is 1.47. The first-order valence-electron chi connectivity index (χ1n) is 7.58. The summed E-state index contributed by atoms with van der Waals surface area (Å²) in [5.74, 6) is 1.59. The number of nitrogens with one attached hydrogen (secondary N) is 1. The summed E-state index contributed by atoms with van der Waals surface area (Å²) in [6.07, 6.45) is 5.84. The zero-order chi connectivity index (χ0) is 16.4. The maximum atomic E-state index is 12.6. The standard InChI is InChI=1S/C16H15N5O2S/c22-15(21-7-4-12-13(8-21)20-10-19-12)14-3-2-11(23-14)9-24-16-17-5-1-6-18-16/h1-3,5-6,10H,4,7-9H2,(H,19,20). The molecule has 4 heterocycles. The van der Waals surface area contributed by atoms with Crippen LogP contribution in [0.25, 0.3) is 0 Å². The Morgan fingerprint density at radius 1 is 1.29 bits per heavy atom. The Bertz CT molecular complexity index is 845. The molecule has 24 heavy (non-hydrogen) atoms. The van der Waals surface area contributed by atoms with Crippen LogP contribution < -0.4 is 0 Å². The Kier molecular flexibility index (Phi) is 4.04. The number of rotatable bonds is 4. The van der Waals surface area contributed by atoms with Gasteiger partial charge in [0.2, 0.25) is 0 Å². The zero-order valence-electron chi connectivity index (χ0n) is 12.8. The molecule has 7 nitrogen and oxygen atoms in total. The first kappa shape index (κ1) is 14.9. The number of fused-ring (bicyclic) bond motifs is 1. The first-order valence-corrected chi connectivity index (χ1v) is 8.57. The number of amides is 1. The van der Waals surface area contributed by atoms with E-state index in [4.69, 9.17) is 4.42 Å². The van der Waals surface area contributed by atoms with Gasteiger partial charge in [-0.05, 0) is 18.2 Å². The van der Waals surface area contributed by atoms with E-state index in [-0.39, 0.29) is 5.91 Å². The number of furan rings is 1. The van der Waals surface area contributed by atoms with Crippen LogP contribution in [0.5, 0.6) is 0 Å². The van der Waals surface area contributed by atoms with Gasteiger partial charge >= 0.3 is 0 Å². The molecular formula is C16H15N5O2S. The van der Waals surface area contributed by atoms with Crippen LogP contribution in [-0.4, -0.2) is 37.3 Å². The number of hydrogen-bond acceptors (Lipinski definition) is 6. The van der Waals surface area contributed by atoms with Crippen molar-refractivity contribution in [3.8, 4) is 0 Å². The number of nitrogens with zero attached hydrogens (tertiary/aromatic N) is 4. The molecule has 3 aromatic heterocycles. The van der Waals surface area contributed by atoms with Gasteiger partial charge in [0.25, 0.3) is 5.91 Å². The second kappa shape index (κ2) is 6.48. The average molecular weight is 341 g/mol. The molecule has 0 spiro atoms. The normalized spacial score (nSPS) is 13.8. The minimum absolute atomic E-state index is 0.0949. The quantitative estimate of drug-likeness (QED) is 0.578. The van der Waals surface area contributed by atoms with Crippen molar-refractivity contribution in [2.24, 2.45) is 0 Å². The monoisotopic (exact) mass is 341 g/mol. The molecule has 0 atom stereocenters. The van der Waals surface area contributed by atoms with Gasteiger partial charge in [-0.15, -0.1) is 0 Å². The van der Waals surface area contributed by atoms with Crippen molar-refractivity contribution in [2.75, 3.05) is 6.54 Å². The van der Waals surface area contributed by atoms with Gasteiger partial charge in [0, 0.05) is 25.4 Å². The van der Waals surface area contributed by atoms with E-state index in [9.17, 15) is 4.79 Å². The van der Waals surface area contributed by atoms with Gasteiger partial charge in [0.15, 0.2) is 10.9 Å². The second-order valence-corrected chi connectivity index (χ2v) is 6.33. The largest absolute Gasteiger partial charge is 0.455 e. The van der Waals surface area contributed by atoms with E-state index in [1.807, 2.05) is 6.07 Å². The number of H-pyrrole nitrogens is 1. The van der Waals surface area contributed by atoms with Crippen LogP contribution >= 0.6 is 11.8 Å². The van der Waals surface area contributed by atoms with Crippen molar-refractivity contribution in [3.63, 3.8) is 0 Å². The van der Waals surface area contributed by atoms with Crippen molar-refractivity contribution in [1.82, 2.24) is 24.8 Å². The van der Waals surface area contributed by atoms with Crippen LogP contribution in [0.3, 0.4) is 0 Å². The topological polar surface area (TPSA) is 87.9 Å². The number of imidazole rings is 1. The molecule has 0 saturated heterocycles. The Morgan fingerprint density at radius 2 is 2.17 bits per heavy atom. The smallest absolute Gasteiger partial charge is 0.289 e. The lowest BCUT2D eigenvalue weighted by atomic mass is 10.1. The summed E-state index contributed by atoms with van der Waals surface area (Å²) in [4.78, 5) is 30.0. The molecule has 0 fully saturated rings. The fraction of sp³-hybridized carbons (Fsp3) is 0.250. The molecule has 1 aliphatic rings.